The Morgan fingerprint density at radius 1 is 1.42 bits per heavy atom. The highest BCUT2D eigenvalue weighted by Crippen LogP contribution is 2.16. The maximum Gasteiger partial charge on any atom is 0.326 e. The number of piperidine rings is 1. The minimum Gasteiger partial charge on any atom is -0.480 e. The molecule has 110 valence electrons. The first-order valence-corrected chi connectivity index (χ1v) is 7.22. The van der Waals surface area contributed by atoms with E-state index in [1.165, 1.54) is 0 Å². The first-order chi connectivity index (χ1) is 8.99. The van der Waals surface area contributed by atoms with E-state index in [1.807, 2.05) is 13.8 Å². The second-order valence-electron chi connectivity index (χ2n) is 5.84. The number of rotatable bonds is 7. The zero-order valence-electron chi connectivity index (χ0n) is 11.9. The molecule has 0 aliphatic carbocycles. The summed E-state index contributed by atoms with van der Waals surface area (Å²) in [6.45, 7) is 5.95. The lowest BCUT2D eigenvalue weighted by Gasteiger charge is -2.23. The van der Waals surface area contributed by atoms with Crippen molar-refractivity contribution in [2.75, 3.05) is 13.1 Å². The van der Waals surface area contributed by atoms with E-state index < -0.39 is 12.0 Å². The van der Waals surface area contributed by atoms with Gasteiger partial charge in [0, 0.05) is 6.42 Å². The third kappa shape index (κ3) is 6.57. The fourth-order valence-electron chi connectivity index (χ4n) is 2.46. The van der Waals surface area contributed by atoms with Gasteiger partial charge in [0.1, 0.15) is 6.04 Å². The van der Waals surface area contributed by atoms with E-state index in [0.29, 0.717) is 18.8 Å². The minimum atomic E-state index is -0.943. The molecule has 1 unspecified atom stereocenters. The molecule has 1 rings (SSSR count). The highest BCUT2D eigenvalue weighted by Gasteiger charge is 2.21. The van der Waals surface area contributed by atoms with Crippen LogP contribution in [0.3, 0.4) is 0 Å². The van der Waals surface area contributed by atoms with Crippen molar-refractivity contribution in [1.82, 2.24) is 10.6 Å². The number of nitrogens with one attached hydrogen (secondary N) is 2. The third-order valence-corrected chi connectivity index (χ3v) is 3.52. The highest BCUT2D eigenvalue weighted by atomic mass is 16.4. The van der Waals surface area contributed by atoms with E-state index in [1.54, 1.807) is 0 Å². The Morgan fingerprint density at radius 3 is 2.68 bits per heavy atom. The smallest absolute Gasteiger partial charge is 0.326 e. The highest BCUT2D eigenvalue weighted by molar-refractivity contribution is 5.83. The Bertz CT molecular complexity index is 299. The molecule has 19 heavy (non-hydrogen) atoms. The van der Waals surface area contributed by atoms with Crippen LogP contribution < -0.4 is 10.6 Å². The number of carbonyl (C=O) groups is 2. The summed E-state index contributed by atoms with van der Waals surface area (Å²) in [5.74, 6) is -0.281. The van der Waals surface area contributed by atoms with Gasteiger partial charge in [-0.15, -0.1) is 0 Å². The molecule has 3 N–H and O–H groups in total. The fourth-order valence-corrected chi connectivity index (χ4v) is 2.46. The van der Waals surface area contributed by atoms with Gasteiger partial charge in [0.15, 0.2) is 0 Å². The molecule has 0 bridgehead atoms. The van der Waals surface area contributed by atoms with E-state index in [2.05, 4.69) is 10.6 Å². The monoisotopic (exact) mass is 270 g/mol. The Morgan fingerprint density at radius 2 is 2.16 bits per heavy atom. The molecule has 1 heterocycles. The molecule has 0 aromatic rings. The molecule has 2 atom stereocenters. The molecule has 1 amide bonds. The quantitative estimate of drug-likeness (QED) is 0.653. The van der Waals surface area contributed by atoms with Crippen molar-refractivity contribution in [2.45, 2.75) is 52.0 Å². The van der Waals surface area contributed by atoms with Crippen LogP contribution in [0.2, 0.25) is 0 Å². The number of aliphatic carboxylic acids is 1. The van der Waals surface area contributed by atoms with Crippen molar-refractivity contribution in [1.29, 1.82) is 0 Å². The number of hydrogen-bond donors (Lipinski definition) is 3. The summed E-state index contributed by atoms with van der Waals surface area (Å²) < 4.78 is 0. The van der Waals surface area contributed by atoms with Crippen molar-refractivity contribution >= 4 is 11.9 Å². The maximum atomic E-state index is 11.8. The van der Waals surface area contributed by atoms with Gasteiger partial charge in [-0.3, -0.25) is 4.79 Å². The van der Waals surface area contributed by atoms with E-state index in [-0.39, 0.29) is 11.8 Å². The normalized spacial score (nSPS) is 21.1. The molecule has 1 saturated heterocycles. The Balaban J connectivity index is 2.29. The number of hydrogen-bond acceptors (Lipinski definition) is 3. The molecule has 5 heteroatoms. The van der Waals surface area contributed by atoms with Crippen LogP contribution in [-0.4, -0.2) is 36.1 Å². The standard InChI is InChI=1S/C14H26N2O3/c1-10(2)8-12(14(18)19)16-13(17)6-5-11-4-3-7-15-9-11/h10-12,15H,3-9H2,1-2H3,(H,16,17)(H,18,19)/t11?,12-/m0/s1. The second-order valence-corrected chi connectivity index (χ2v) is 5.84. The summed E-state index contributed by atoms with van der Waals surface area (Å²) in [4.78, 5) is 22.8. The van der Waals surface area contributed by atoms with Gasteiger partial charge >= 0.3 is 5.97 Å². The molecule has 1 aliphatic heterocycles. The maximum absolute atomic E-state index is 11.8. The number of carboxylic acids is 1. The van der Waals surface area contributed by atoms with Crippen molar-refractivity contribution in [3.05, 3.63) is 0 Å². The molecular formula is C14H26N2O3. The number of carboxylic acid groups (broad SMARTS) is 1. The largest absolute Gasteiger partial charge is 0.480 e. The molecular weight excluding hydrogens is 244 g/mol. The molecule has 0 saturated carbocycles. The lowest BCUT2D eigenvalue weighted by Crippen LogP contribution is -2.42. The van der Waals surface area contributed by atoms with Crippen LogP contribution in [-0.2, 0) is 9.59 Å². The van der Waals surface area contributed by atoms with Gasteiger partial charge in [0.2, 0.25) is 5.91 Å². The van der Waals surface area contributed by atoms with E-state index >= 15 is 0 Å². The second kappa shape index (κ2) is 8.15. The first kappa shape index (κ1) is 16.0. The third-order valence-electron chi connectivity index (χ3n) is 3.52. The van der Waals surface area contributed by atoms with Crippen molar-refractivity contribution < 1.29 is 14.7 Å². The SMILES string of the molecule is CC(C)C[C@H](NC(=O)CCC1CCCNC1)C(=O)O. The summed E-state index contributed by atoms with van der Waals surface area (Å²) >= 11 is 0. The zero-order valence-corrected chi connectivity index (χ0v) is 11.9. The van der Waals surface area contributed by atoms with Crippen LogP contribution in [0.1, 0.15) is 46.0 Å². The predicted octanol–water partition coefficient (Wildman–Crippen LogP) is 1.38. The van der Waals surface area contributed by atoms with Gasteiger partial charge in [-0.1, -0.05) is 13.8 Å². The summed E-state index contributed by atoms with van der Waals surface area (Å²) in [6.07, 6.45) is 4.07. The summed E-state index contributed by atoms with van der Waals surface area (Å²) in [6, 6.07) is -0.753. The minimum absolute atomic E-state index is 0.140. The first-order valence-electron chi connectivity index (χ1n) is 7.22. The topological polar surface area (TPSA) is 78.4 Å². The fraction of sp³-hybridized carbons (Fsp3) is 0.857. The van der Waals surface area contributed by atoms with Crippen molar-refractivity contribution in [3.8, 4) is 0 Å². The van der Waals surface area contributed by atoms with Gasteiger partial charge in [0.25, 0.3) is 0 Å². The molecule has 5 nitrogen and oxygen atoms in total. The predicted molar refractivity (Wildman–Crippen MR) is 73.8 cm³/mol. The van der Waals surface area contributed by atoms with Gasteiger partial charge in [-0.25, -0.2) is 4.79 Å². The van der Waals surface area contributed by atoms with E-state index in [4.69, 9.17) is 5.11 Å². The molecule has 0 aromatic heterocycles. The Kier molecular flexibility index (Phi) is 6.84. The Hall–Kier alpha value is -1.10. The number of amides is 1. The van der Waals surface area contributed by atoms with E-state index in [0.717, 1.165) is 32.4 Å². The van der Waals surface area contributed by atoms with Gasteiger partial charge in [-0.2, -0.15) is 0 Å². The summed E-state index contributed by atoms with van der Waals surface area (Å²) in [7, 11) is 0. The van der Waals surface area contributed by atoms with Gasteiger partial charge < -0.3 is 15.7 Å². The lowest BCUT2D eigenvalue weighted by molar-refractivity contribution is -0.142. The average molecular weight is 270 g/mol. The molecule has 1 aliphatic rings. The number of carbonyl (C=O) groups excluding carboxylic acids is 1. The van der Waals surface area contributed by atoms with Gasteiger partial charge in [-0.05, 0) is 50.6 Å². The molecule has 1 fully saturated rings. The average Bonchev–Trinajstić information content (AvgIpc) is 2.36. The van der Waals surface area contributed by atoms with Crippen LogP contribution in [0.25, 0.3) is 0 Å². The van der Waals surface area contributed by atoms with Crippen molar-refractivity contribution in [2.24, 2.45) is 11.8 Å². The van der Waals surface area contributed by atoms with Gasteiger partial charge in [0.05, 0.1) is 0 Å². The molecule has 0 spiro atoms. The van der Waals surface area contributed by atoms with Crippen LogP contribution in [0.4, 0.5) is 0 Å². The Labute approximate surface area is 115 Å². The summed E-state index contributed by atoms with van der Waals surface area (Å²) in [5.41, 5.74) is 0. The molecule has 0 aromatic carbocycles. The van der Waals surface area contributed by atoms with Crippen LogP contribution in [0, 0.1) is 11.8 Å². The van der Waals surface area contributed by atoms with Crippen molar-refractivity contribution in [3.63, 3.8) is 0 Å². The molecule has 0 radical (unpaired) electrons. The zero-order chi connectivity index (χ0) is 14.3. The van der Waals surface area contributed by atoms with Crippen LogP contribution in [0.5, 0.6) is 0 Å². The van der Waals surface area contributed by atoms with Crippen LogP contribution in [0.15, 0.2) is 0 Å². The van der Waals surface area contributed by atoms with Crippen LogP contribution >= 0.6 is 0 Å². The van der Waals surface area contributed by atoms with E-state index in [9.17, 15) is 9.59 Å². The lowest BCUT2D eigenvalue weighted by atomic mass is 9.94. The summed E-state index contributed by atoms with van der Waals surface area (Å²) in [5, 5.41) is 15.0.